The first kappa shape index (κ1) is 21.8. The van der Waals surface area contributed by atoms with E-state index in [1.165, 1.54) is 32.1 Å². The first-order chi connectivity index (χ1) is 11.6. The van der Waals surface area contributed by atoms with Crippen LogP contribution in [-0.4, -0.2) is 22.5 Å². The molecule has 1 aromatic rings. The highest BCUT2D eigenvalue weighted by Gasteiger charge is 2.28. The van der Waals surface area contributed by atoms with Gasteiger partial charge < -0.3 is 10.5 Å². The van der Waals surface area contributed by atoms with Crippen LogP contribution in [-0.2, 0) is 9.53 Å². The van der Waals surface area contributed by atoms with Gasteiger partial charge in [-0.1, -0.05) is 57.3 Å². The lowest BCUT2D eigenvalue weighted by Gasteiger charge is -2.28. The summed E-state index contributed by atoms with van der Waals surface area (Å²) in [5.74, 6) is 0.189. The van der Waals surface area contributed by atoms with E-state index in [2.05, 4.69) is 11.9 Å². The number of hydrogen-bond donors (Lipinski definition) is 1. The number of rotatable bonds is 8. The molecule has 0 aromatic carbocycles. The van der Waals surface area contributed by atoms with E-state index in [9.17, 15) is 4.79 Å². The number of hydrogen-bond acceptors (Lipinski definition) is 4. The molecule has 2 rings (SSSR count). The molecule has 1 saturated carbocycles. The Bertz CT molecular complexity index is 533. The number of unbranched alkanes of at least 4 members (excludes halogenated alkanes) is 1. The van der Waals surface area contributed by atoms with E-state index in [1.807, 2.05) is 6.07 Å². The van der Waals surface area contributed by atoms with E-state index >= 15 is 0 Å². The van der Waals surface area contributed by atoms with Gasteiger partial charge in [-0.05, 0) is 36.8 Å². The molecule has 1 heterocycles. The number of ether oxygens (including phenoxy) is 1. The van der Waals surface area contributed by atoms with Gasteiger partial charge in [-0.3, -0.25) is 9.78 Å². The number of halogens is 1. The van der Waals surface area contributed by atoms with Gasteiger partial charge >= 0.3 is 5.97 Å². The molecule has 140 valence electrons. The molecule has 0 radical (unpaired) electrons. The van der Waals surface area contributed by atoms with Crippen molar-refractivity contribution in [2.24, 2.45) is 17.6 Å². The van der Waals surface area contributed by atoms with E-state index in [0.29, 0.717) is 18.2 Å². The summed E-state index contributed by atoms with van der Waals surface area (Å²) in [6.45, 7) is 2.70. The second-order valence-electron chi connectivity index (χ2n) is 6.75. The maximum absolute atomic E-state index is 12.4. The number of pyridine rings is 1. The number of carbonyl (C=O) groups excluding carboxylic acids is 1. The zero-order valence-electron chi connectivity index (χ0n) is 14.9. The van der Waals surface area contributed by atoms with Crippen molar-refractivity contribution >= 4 is 35.6 Å². The summed E-state index contributed by atoms with van der Waals surface area (Å²) >= 11 is 5.04. The Morgan fingerprint density at radius 1 is 1.32 bits per heavy atom. The molecule has 0 saturated heterocycles. The Hall–Kier alpha value is -1.20. The molecule has 1 atom stereocenters. The van der Waals surface area contributed by atoms with Crippen LogP contribution in [0.5, 0.6) is 0 Å². The van der Waals surface area contributed by atoms with Crippen LogP contribution in [0.15, 0.2) is 24.4 Å². The van der Waals surface area contributed by atoms with E-state index in [0.717, 1.165) is 18.8 Å². The van der Waals surface area contributed by atoms with E-state index < -0.39 is 5.92 Å². The van der Waals surface area contributed by atoms with Gasteiger partial charge in [0.1, 0.15) is 5.92 Å². The van der Waals surface area contributed by atoms with Gasteiger partial charge in [0, 0.05) is 6.20 Å². The Morgan fingerprint density at radius 3 is 2.56 bits per heavy atom. The number of thiocarbonyl (C=S) groups is 1. The summed E-state index contributed by atoms with van der Waals surface area (Å²) in [7, 11) is 0. The zero-order chi connectivity index (χ0) is 17.4. The number of esters is 1. The summed E-state index contributed by atoms with van der Waals surface area (Å²) in [5.41, 5.74) is 6.29. The molecule has 0 spiro atoms. The third-order valence-corrected chi connectivity index (χ3v) is 5.13. The standard InChI is InChI=1S/C19H28N2O2S.ClH/c1-2-3-6-14-8-10-15(11-9-14)13-23-19(22)17(18(20)24)16-7-4-5-12-21-16;/h4-5,7,12,14-15,17H,2-3,6,8-11,13H2,1H3,(H2,20,24);1H. The maximum Gasteiger partial charge on any atom is 0.322 e. The molecular formula is C19H29ClN2O2S. The van der Waals surface area contributed by atoms with Crippen molar-refractivity contribution in [2.45, 2.75) is 57.8 Å². The SMILES string of the molecule is CCCCC1CCC(COC(=O)C(C(N)=S)c2ccccn2)CC1.Cl. The Morgan fingerprint density at radius 2 is 2.00 bits per heavy atom. The number of nitrogens with two attached hydrogens (primary N) is 1. The smallest absolute Gasteiger partial charge is 0.322 e. The summed E-state index contributed by atoms with van der Waals surface area (Å²) in [5, 5.41) is 0. The van der Waals surface area contributed by atoms with Crippen LogP contribution in [0.2, 0.25) is 0 Å². The fraction of sp³-hybridized carbons (Fsp3) is 0.632. The molecule has 2 N–H and O–H groups in total. The van der Waals surface area contributed by atoms with Crippen LogP contribution >= 0.6 is 24.6 Å². The van der Waals surface area contributed by atoms with Crippen LogP contribution in [0.4, 0.5) is 0 Å². The second kappa shape index (κ2) is 11.4. The number of aromatic nitrogens is 1. The van der Waals surface area contributed by atoms with Gasteiger partial charge in [-0.2, -0.15) is 0 Å². The second-order valence-corrected chi connectivity index (χ2v) is 7.22. The molecule has 0 amide bonds. The summed E-state index contributed by atoms with van der Waals surface area (Å²) in [6.07, 6.45) is 10.3. The minimum Gasteiger partial charge on any atom is -0.465 e. The van der Waals surface area contributed by atoms with Crippen molar-refractivity contribution in [1.29, 1.82) is 0 Å². The van der Waals surface area contributed by atoms with Crippen LogP contribution in [0, 0.1) is 11.8 Å². The molecule has 1 aliphatic carbocycles. The van der Waals surface area contributed by atoms with Gasteiger partial charge in [0.05, 0.1) is 17.3 Å². The average Bonchev–Trinajstić information content (AvgIpc) is 2.60. The molecule has 1 fully saturated rings. The van der Waals surface area contributed by atoms with Gasteiger partial charge in [-0.15, -0.1) is 12.4 Å². The topological polar surface area (TPSA) is 65.2 Å². The quantitative estimate of drug-likeness (QED) is 0.531. The largest absolute Gasteiger partial charge is 0.465 e. The average molecular weight is 385 g/mol. The first-order valence-corrected chi connectivity index (χ1v) is 9.39. The Kier molecular flexibility index (Phi) is 9.98. The predicted octanol–water partition coefficient (Wildman–Crippen LogP) is 4.41. The van der Waals surface area contributed by atoms with Gasteiger partial charge in [0.2, 0.25) is 0 Å². The minimum absolute atomic E-state index is 0. The Labute approximate surface area is 162 Å². The van der Waals surface area contributed by atoms with Crippen LogP contribution in [0.3, 0.4) is 0 Å². The lowest BCUT2D eigenvalue weighted by molar-refractivity contribution is -0.145. The highest BCUT2D eigenvalue weighted by molar-refractivity contribution is 7.80. The van der Waals surface area contributed by atoms with Gasteiger partial charge in [-0.25, -0.2) is 0 Å². The molecule has 0 bridgehead atoms. The normalized spacial score (nSPS) is 21.0. The van der Waals surface area contributed by atoms with Crippen molar-refractivity contribution < 1.29 is 9.53 Å². The first-order valence-electron chi connectivity index (χ1n) is 8.98. The molecule has 6 heteroatoms. The predicted molar refractivity (Wildman–Crippen MR) is 107 cm³/mol. The number of carbonyl (C=O) groups is 1. The highest BCUT2D eigenvalue weighted by atomic mass is 35.5. The van der Waals surface area contributed by atoms with Crippen LogP contribution in [0.25, 0.3) is 0 Å². The van der Waals surface area contributed by atoms with Crippen molar-refractivity contribution in [2.75, 3.05) is 6.61 Å². The molecule has 0 aliphatic heterocycles. The molecule has 1 aliphatic rings. The summed E-state index contributed by atoms with van der Waals surface area (Å²) in [6, 6.07) is 5.37. The molecular weight excluding hydrogens is 356 g/mol. The van der Waals surface area contributed by atoms with Crippen molar-refractivity contribution in [3.8, 4) is 0 Å². The van der Waals surface area contributed by atoms with Crippen molar-refractivity contribution in [3.05, 3.63) is 30.1 Å². The van der Waals surface area contributed by atoms with Crippen LogP contribution < -0.4 is 5.73 Å². The molecule has 25 heavy (non-hydrogen) atoms. The summed E-state index contributed by atoms with van der Waals surface area (Å²) < 4.78 is 5.53. The van der Waals surface area contributed by atoms with E-state index in [4.69, 9.17) is 22.7 Å². The van der Waals surface area contributed by atoms with Gasteiger partial charge in [0.25, 0.3) is 0 Å². The van der Waals surface area contributed by atoms with E-state index in [-0.39, 0.29) is 23.4 Å². The zero-order valence-corrected chi connectivity index (χ0v) is 16.5. The van der Waals surface area contributed by atoms with Crippen molar-refractivity contribution in [1.82, 2.24) is 4.98 Å². The maximum atomic E-state index is 12.4. The fourth-order valence-electron chi connectivity index (χ4n) is 3.39. The Balaban J connectivity index is 0.00000312. The molecule has 1 unspecified atom stereocenters. The van der Waals surface area contributed by atoms with Crippen molar-refractivity contribution in [3.63, 3.8) is 0 Å². The number of nitrogens with zero attached hydrogens (tertiary/aromatic N) is 1. The van der Waals surface area contributed by atoms with E-state index in [1.54, 1.807) is 18.3 Å². The monoisotopic (exact) mass is 384 g/mol. The van der Waals surface area contributed by atoms with Crippen LogP contribution in [0.1, 0.15) is 63.5 Å². The minimum atomic E-state index is -0.748. The fourth-order valence-corrected chi connectivity index (χ4v) is 3.61. The van der Waals surface area contributed by atoms with Gasteiger partial charge in [0.15, 0.2) is 0 Å². The third-order valence-electron chi connectivity index (χ3n) is 4.90. The lowest BCUT2D eigenvalue weighted by atomic mass is 9.80. The highest BCUT2D eigenvalue weighted by Crippen LogP contribution is 2.32. The summed E-state index contributed by atoms with van der Waals surface area (Å²) in [4.78, 5) is 16.7. The lowest BCUT2D eigenvalue weighted by Crippen LogP contribution is -2.30. The molecule has 1 aromatic heterocycles. The molecule has 4 nitrogen and oxygen atoms in total. The third kappa shape index (κ3) is 6.90.